The van der Waals surface area contributed by atoms with Gasteiger partial charge in [0, 0.05) is 18.3 Å². The first-order chi connectivity index (χ1) is 10.6. The number of nitrogens with zero attached hydrogens (tertiary/aromatic N) is 2. The number of quaternary nitrogens is 1. The first-order valence-corrected chi connectivity index (χ1v) is 10.3. The molecule has 0 aromatic carbocycles. The molecule has 1 unspecified atom stereocenters. The summed E-state index contributed by atoms with van der Waals surface area (Å²) in [5.74, 6) is 3.61. The van der Waals surface area contributed by atoms with E-state index >= 15 is 0 Å². The van der Waals surface area contributed by atoms with Gasteiger partial charge < -0.3 is 0 Å². The molecule has 2 aliphatic heterocycles. The minimum atomic E-state index is 0.368. The van der Waals surface area contributed by atoms with Crippen LogP contribution in [0.2, 0.25) is 0 Å². The van der Waals surface area contributed by atoms with Crippen LogP contribution < -0.4 is 0 Å². The zero-order chi connectivity index (χ0) is 16.8. The van der Waals surface area contributed by atoms with Gasteiger partial charge in [-0.1, -0.05) is 20.3 Å². The Kier molecular flexibility index (Phi) is 3.39. The van der Waals surface area contributed by atoms with Crippen LogP contribution in [0.5, 0.6) is 0 Å². The van der Waals surface area contributed by atoms with E-state index in [2.05, 4.69) is 53.6 Å². The summed E-state index contributed by atoms with van der Waals surface area (Å²) >= 11 is 0. The maximum atomic E-state index is 3.04. The smallest absolute Gasteiger partial charge is 0.116 e. The Hall–Kier alpha value is -0.0800. The van der Waals surface area contributed by atoms with E-state index in [9.17, 15) is 0 Å². The summed E-state index contributed by atoms with van der Waals surface area (Å²) < 4.78 is 1.25. The van der Waals surface area contributed by atoms with E-state index in [1.54, 1.807) is 0 Å². The standard InChI is InChI=1S/C21H39N2/c1-14-8-10-16-18(12-14)22-20(3,4)17-11-9-15(2)13-19(17)23(22,7)21(16,5)6/h14-19H,8-13H2,1-7H3/q+1/t14-,15-,16-,17-,18-,19-,23?/m1/s1. The van der Waals surface area contributed by atoms with E-state index in [0.29, 0.717) is 11.1 Å². The molecule has 0 bridgehead atoms. The molecule has 2 aliphatic carbocycles. The minimum Gasteiger partial charge on any atom is -0.238 e. The van der Waals surface area contributed by atoms with Crippen molar-refractivity contribution in [2.45, 2.75) is 103 Å². The third-order valence-corrected chi connectivity index (χ3v) is 9.14. The maximum Gasteiger partial charge on any atom is 0.116 e. The Morgan fingerprint density at radius 1 is 0.826 bits per heavy atom. The molecule has 4 fully saturated rings. The Morgan fingerprint density at radius 3 is 2.04 bits per heavy atom. The molecule has 0 spiro atoms. The lowest BCUT2D eigenvalue weighted by Gasteiger charge is -2.49. The summed E-state index contributed by atoms with van der Waals surface area (Å²) in [7, 11) is 2.62. The Labute approximate surface area is 144 Å². The molecular formula is C21H39N2+. The zero-order valence-electron chi connectivity index (χ0n) is 16.6. The molecule has 2 heteroatoms. The SMILES string of the molecule is C[C@@H]1CC[C@@H]2[C@@H](C1)N1C(C)(C)[C@@H]3CC[C@@H](C)C[C@H]3[N+]1(C)C2(C)C. The predicted molar refractivity (Wildman–Crippen MR) is 96.8 cm³/mol. The van der Waals surface area contributed by atoms with Crippen LogP contribution in [-0.4, -0.2) is 39.8 Å². The van der Waals surface area contributed by atoms with Crippen molar-refractivity contribution in [2.75, 3.05) is 7.05 Å². The van der Waals surface area contributed by atoms with Crippen molar-refractivity contribution in [1.29, 1.82) is 0 Å². The second-order valence-electron chi connectivity index (χ2n) is 10.9. The highest BCUT2D eigenvalue weighted by Crippen LogP contribution is 2.63. The van der Waals surface area contributed by atoms with Crippen molar-refractivity contribution in [3.8, 4) is 0 Å². The van der Waals surface area contributed by atoms with Crippen molar-refractivity contribution in [3.63, 3.8) is 0 Å². The van der Waals surface area contributed by atoms with Gasteiger partial charge in [-0.25, -0.2) is 4.59 Å². The fourth-order valence-corrected chi connectivity index (χ4v) is 7.82. The van der Waals surface area contributed by atoms with Crippen molar-refractivity contribution in [1.82, 2.24) is 5.01 Å². The average molecular weight is 320 g/mol. The van der Waals surface area contributed by atoms with Crippen molar-refractivity contribution < 1.29 is 4.59 Å². The van der Waals surface area contributed by atoms with Gasteiger partial charge in [0.2, 0.25) is 0 Å². The van der Waals surface area contributed by atoms with E-state index in [1.165, 1.54) is 43.1 Å². The van der Waals surface area contributed by atoms with Gasteiger partial charge in [0.25, 0.3) is 0 Å². The number of hydrogen-bond donors (Lipinski definition) is 0. The van der Waals surface area contributed by atoms with Crippen molar-refractivity contribution in [2.24, 2.45) is 23.7 Å². The number of hydrogen-bond acceptors (Lipinski definition) is 1. The highest BCUT2D eigenvalue weighted by Gasteiger charge is 2.75. The Balaban J connectivity index is 1.83. The monoisotopic (exact) mass is 319 g/mol. The van der Waals surface area contributed by atoms with E-state index in [-0.39, 0.29) is 0 Å². The first kappa shape index (κ1) is 16.4. The quantitative estimate of drug-likeness (QED) is 0.577. The summed E-state index contributed by atoms with van der Waals surface area (Å²) in [6.07, 6.45) is 8.67. The predicted octanol–water partition coefficient (Wildman–Crippen LogP) is 4.84. The first-order valence-electron chi connectivity index (χ1n) is 10.3. The summed E-state index contributed by atoms with van der Waals surface area (Å²) in [6, 6.07) is 1.67. The topological polar surface area (TPSA) is 3.24 Å². The van der Waals surface area contributed by atoms with E-state index in [4.69, 9.17) is 0 Å². The van der Waals surface area contributed by atoms with Crippen LogP contribution >= 0.6 is 0 Å². The van der Waals surface area contributed by atoms with Crippen molar-refractivity contribution in [3.05, 3.63) is 0 Å². The summed E-state index contributed by atoms with van der Waals surface area (Å²) in [4.78, 5) is 0. The fraction of sp³-hybridized carbons (Fsp3) is 1.00. The van der Waals surface area contributed by atoms with Gasteiger partial charge in [-0.05, 0) is 65.2 Å². The second kappa shape index (κ2) is 4.75. The van der Waals surface area contributed by atoms with Crippen LogP contribution in [0.15, 0.2) is 0 Å². The van der Waals surface area contributed by atoms with Crippen LogP contribution in [0.4, 0.5) is 0 Å². The molecule has 4 rings (SSSR count). The van der Waals surface area contributed by atoms with Gasteiger partial charge in [0.15, 0.2) is 0 Å². The molecule has 7 atom stereocenters. The number of fused-ring (bicyclic) bond motifs is 5. The van der Waals surface area contributed by atoms with Crippen LogP contribution in [0, 0.1) is 23.7 Å². The molecule has 2 saturated heterocycles. The van der Waals surface area contributed by atoms with Crippen LogP contribution in [0.25, 0.3) is 0 Å². The van der Waals surface area contributed by atoms with E-state index in [1.807, 2.05) is 0 Å². The largest absolute Gasteiger partial charge is 0.238 e. The average Bonchev–Trinajstić information content (AvgIpc) is 2.74. The highest BCUT2D eigenvalue weighted by molar-refractivity contribution is 5.09. The minimum absolute atomic E-state index is 0.368. The van der Waals surface area contributed by atoms with E-state index < -0.39 is 0 Å². The molecule has 2 saturated carbocycles. The molecule has 2 heterocycles. The molecule has 0 N–H and O–H groups in total. The van der Waals surface area contributed by atoms with Gasteiger partial charge in [-0.2, -0.15) is 0 Å². The van der Waals surface area contributed by atoms with Gasteiger partial charge in [-0.3, -0.25) is 0 Å². The Bertz CT molecular complexity index is 494. The van der Waals surface area contributed by atoms with Crippen LogP contribution in [0.1, 0.15) is 80.1 Å². The number of rotatable bonds is 0. The summed E-state index contributed by atoms with van der Waals surface area (Å²) in [6.45, 7) is 15.4. The third-order valence-electron chi connectivity index (χ3n) is 9.14. The molecule has 0 amide bonds. The third kappa shape index (κ3) is 1.83. The van der Waals surface area contributed by atoms with Crippen LogP contribution in [0.3, 0.4) is 0 Å². The van der Waals surface area contributed by atoms with Gasteiger partial charge in [-0.15, -0.1) is 5.01 Å². The Morgan fingerprint density at radius 2 is 1.39 bits per heavy atom. The van der Waals surface area contributed by atoms with Crippen molar-refractivity contribution >= 4 is 0 Å². The molecule has 132 valence electrons. The summed E-state index contributed by atoms with van der Waals surface area (Å²) in [5.41, 5.74) is 0.770. The molecule has 4 aliphatic rings. The molecule has 0 radical (unpaired) electrons. The van der Waals surface area contributed by atoms with Gasteiger partial charge in [0.05, 0.1) is 18.6 Å². The maximum absolute atomic E-state index is 3.04. The lowest BCUT2D eigenvalue weighted by molar-refractivity contribution is -1.06. The highest BCUT2D eigenvalue weighted by atomic mass is 15.9. The molecule has 0 aromatic heterocycles. The summed E-state index contributed by atoms with van der Waals surface area (Å²) in [5, 5.41) is 3.04. The second-order valence-corrected chi connectivity index (χ2v) is 10.9. The lowest BCUT2D eigenvalue weighted by atomic mass is 9.66. The van der Waals surface area contributed by atoms with E-state index in [0.717, 1.165) is 35.8 Å². The van der Waals surface area contributed by atoms with Gasteiger partial charge >= 0.3 is 0 Å². The lowest BCUT2D eigenvalue weighted by Crippen LogP contribution is -2.65. The van der Waals surface area contributed by atoms with Crippen LogP contribution in [-0.2, 0) is 0 Å². The fourth-order valence-electron chi connectivity index (χ4n) is 7.82. The molecular weight excluding hydrogens is 280 g/mol. The molecule has 23 heavy (non-hydrogen) atoms. The zero-order valence-corrected chi connectivity index (χ0v) is 16.6. The normalized spacial score (nSPS) is 54.4. The molecule has 2 nitrogen and oxygen atoms in total. The van der Waals surface area contributed by atoms with Gasteiger partial charge in [0.1, 0.15) is 11.6 Å². The molecule has 0 aromatic rings.